The van der Waals surface area contributed by atoms with Gasteiger partial charge in [-0.3, -0.25) is 9.78 Å². The number of hydrogen-bond acceptors (Lipinski definition) is 5. The normalized spacial score (nSPS) is 19.7. The molecule has 31 heavy (non-hydrogen) atoms. The largest absolute Gasteiger partial charge is 0.453 e. The maximum Gasteiger partial charge on any atom is 0.406 e. The van der Waals surface area contributed by atoms with Crippen LogP contribution in [-0.2, 0) is 20.8 Å². The fourth-order valence-corrected chi connectivity index (χ4v) is 4.44. The Morgan fingerprint density at radius 2 is 2.19 bits per heavy atom. The molecule has 1 aliphatic heterocycles. The van der Waals surface area contributed by atoms with Crippen molar-refractivity contribution in [3.8, 4) is 0 Å². The maximum atomic E-state index is 13.4. The number of fused-ring (bicyclic) bond motifs is 1. The van der Waals surface area contributed by atoms with Gasteiger partial charge in [-0.15, -0.1) is 0 Å². The Morgan fingerprint density at radius 3 is 2.90 bits per heavy atom. The molecule has 4 rings (SSSR count). The number of alkyl carbamates (subject to hydrolysis) is 1. The van der Waals surface area contributed by atoms with Crippen LogP contribution in [0.15, 0.2) is 24.5 Å². The number of pyridine rings is 1. The van der Waals surface area contributed by atoms with E-state index in [2.05, 4.69) is 38.8 Å². The van der Waals surface area contributed by atoms with Crippen molar-refractivity contribution in [1.82, 2.24) is 19.8 Å². The van der Waals surface area contributed by atoms with Crippen LogP contribution in [0.4, 0.5) is 4.79 Å². The molecule has 1 saturated heterocycles. The van der Waals surface area contributed by atoms with E-state index in [1.54, 1.807) is 6.20 Å². The van der Waals surface area contributed by atoms with E-state index in [0.29, 0.717) is 19.2 Å². The number of ether oxygens (including phenoxy) is 2. The molecule has 8 nitrogen and oxygen atoms in total. The van der Waals surface area contributed by atoms with Gasteiger partial charge in [0.1, 0.15) is 6.10 Å². The molecule has 2 atom stereocenters. The zero-order valence-electron chi connectivity index (χ0n) is 18.4. The van der Waals surface area contributed by atoms with Gasteiger partial charge in [-0.25, -0.2) is 4.79 Å². The number of aryl methyl sites for hydroxylation is 1. The minimum absolute atomic E-state index is 0.0719. The van der Waals surface area contributed by atoms with Crippen LogP contribution >= 0.6 is 0 Å². The Hall–Kier alpha value is -2.61. The van der Waals surface area contributed by atoms with Gasteiger partial charge in [0.15, 0.2) is 0 Å². The predicted octanol–water partition coefficient (Wildman–Crippen LogP) is 3.40. The summed E-state index contributed by atoms with van der Waals surface area (Å²) in [6.07, 6.45) is 8.93. The zero-order chi connectivity index (χ0) is 21.8. The molecule has 0 radical (unpaired) electrons. The Labute approximate surface area is 182 Å². The third kappa shape index (κ3) is 4.84. The second kappa shape index (κ2) is 9.68. The average Bonchev–Trinajstić information content (AvgIpc) is 3.57. The highest BCUT2D eigenvalue weighted by atomic mass is 16.5. The fourth-order valence-electron chi connectivity index (χ4n) is 4.44. The summed E-state index contributed by atoms with van der Waals surface area (Å²) in [5.41, 5.74) is 3.03. The smallest absolute Gasteiger partial charge is 0.406 e. The van der Waals surface area contributed by atoms with E-state index >= 15 is 0 Å². The van der Waals surface area contributed by atoms with E-state index in [-0.39, 0.29) is 18.1 Å². The number of nitrogens with zero attached hydrogens (tertiary/aromatic N) is 3. The van der Waals surface area contributed by atoms with E-state index in [1.807, 2.05) is 11.0 Å². The summed E-state index contributed by atoms with van der Waals surface area (Å²) >= 11 is 0. The van der Waals surface area contributed by atoms with Crippen molar-refractivity contribution in [2.75, 3.05) is 20.3 Å². The van der Waals surface area contributed by atoms with Crippen molar-refractivity contribution < 1.29 is 19.1 Å². The van der Waals surface area contributed by atoms with E-state index in [9.17, 15) is 9.59 Å². The molecule has 1 N–H and O–H groups in total. The van der Waals surface area contributed by atoms with Gasteiger partial charge in [-0.1, -0.05) is 0 Å². The number of amides is 2. The van der Waals surface area contributed by atoms with Gasteiger partial charge in [-0.05, 0) is 57.6 Å². The molecule has 8 heteroatoms. The van der Waals surface area contributed by atoms with Crippen LogP contribution < -0.4 is 5.32 Å². The SMILES string of the molecule is COC(=O)NCCCn1cc([C@@H](C)N(C(=O)[C@H]2CCCCO2)C2CC2)c2ncccc21. The lowest BCUT2D eigenvalue weighted by atomic mass is 10.0. The molecule has 1 saturated carbocycles. The lowest BCUT2D eigenvalue weighted by Gasteiger charge is -2.33. The maximum absolute atomic E-state index is 13.4. The molecule has 0 spiro atoms. The summed E-state index contributed by atoms with van der Waals surface area (Å²) in [4.78, 5) is 31.3. The van der Waals surface area contributed by atoms with Gasteiger partial charge >= 0.3 is 6.09 Å². The number of aromatic nitrogens is 2. The van der Waals surface area contributed by atoms with E-state index in [0.717, 1.165) is 61.7 Å². The van der Waals surface area contributed by atoms with Crippen LogP contribution in [0, 0.1) is 0 Å². The first-order valence-electron chi connectivity index (χ1n) is 11.3. The van der Waals surface area contributed by atoms with Crippen molar-refractivity contribution >= 4 is 23.0 Å². The molecule has 2 amide bonds. The highest BCUT2D eigenvalue weighted by Gasteiger charge is 2.40. The molecular weight excluding hydrogens is 396 g/mol. The van der Waals surface area contributed by atoms with E-state index < -0.39 is 6.09 Å². The number of methoxy groups -OCH3 is 1. The molecule has 3 heterocycles. The number of carbonyl (C=O) groups is 2. The topological polar surface area (TPSA) is 85.7 Å². The Bertz CT molecular complexity index is 917. The van der Waals surface area contributed by atoms with Gasteiger partial charge in [0.05, 0.1) is 24.2 Å². The van der Waals surface area contributed by atoms with Crippen LogP contribution in [0.5, 0.6) is 0 Å². The molecule has 168 valence electrons. The molecular formula is C23H32N4O4. The molecule has 2 aromatic rings. The first kappa shape index (κ1) is 21.6. The van der Waals surface area contributed by atoms with Crippen LogP contribution in [0.25, 0.3) is 11.0 Å². The third-order valence-corrected chi connectivity index (χ3v) is 6.21. The quantitative estimate of drug-likeness (QED) is 0.652. The summed E-state index contributed by atoms with van der Waals surface area (Å²) in [5.74, 6) is 0.119. The standard InChI is InChI=1S/C23H32N4O4/c1-16(27(17-9-10-17)22(28)20-8-3-4-14-31-20)18-15-26(13-6-12-25-23(29)30-2)19-7-5-11-24-21(18)19/h5,7,11,15-17,20H,3-4,6,8-10,12-14H2,1-2H3,(H,25,29)/t16-,20-/m1/s1. The van der Waals surface area contributed by atoms with Crippen molar-refractivity contribution in [3.63, 3.8) is 0 Å². The van der Waals surface area contributed by atoms with Gasteiger partial charge in [0.2, 0.25) is 0 Å². The van der Waals surface area contributed by atoms with E-state index in [4.69, 9.17) is 4.74 Å². The monoisotopic (exact) mass is 428 g/mol. The molecule has 2 aromatic heterocycles. The van der Waals surface area contributed by atoms with Crippen LogP contribution in [-0.4, -0.2) is 58.9 Å². The molecule has 2 aliphatic rings. The van der Waals surface area contributed by atoms with E-state index in [1.165, 1.54) is 7.11 Å². The van der Waals surface area contributed by atoms with Crippen molar-refractivity contribution in [1.29, 1.82) is 0 Å². The average molecular weight is 429 g/mol. The van der Waals surface area contributed by atoms with Gasteiger partial charge in [0, 0.05) is 43.7 Å². The highest BCUT2D eigenvalue weighted by Crippen LogP contribution is 2.38. The first-order chi connectivity index (χ1) is 15.1. The van der Waals surface area contributed by atoms with Crippen molar-refractivity contribution in [3.05, 3.63) is 30.1 Å². The van der Waals surface area contributed by atoms with Crippen LogP contribution in [0.2, 0.25) is 0 Å². The summed E-state index contributed by atoms with van der Waals surface area (Å²) in [7, 11) is 1.36. The molecule has 2 fully saturated rings. The van der Waals surface area contributed by atoms with Gasteiger partial charge in [0.25, 0.3) is 5.91 Å². The van der Waals surface area contributed by atoms with Crippen LogP contribution in [0.1, 0.15) is 57.1 Å². The van der Waals surface area contributed by atoms with Crippen LogP contribution in [0.3, 0.4) is 0 Å². The minimum Gasteiger partial charge on any atom is -0.453 e. The summed E-state index contributed by atoms with van der Waals surface area (Å²) < 4.78 is 12.6. The fraction of sp³-hybridized carbons (Fsp3) is 0.609. The number of nitrogens with one attached hydrogen (secondary N) is 1. The highest BCUT2D eigenvalue weighted by molar-refractivity contribution is 5.84. The first-order valence-corrected chi connectivity index (χ1v) is 11.3. The number of hydrogen-bond donors (Lipinski definition) is 1. The predicted molar refractivity (Wildman–Crippen MR) is 117 cm³/mol. The molecule has 0 aromatic carbocycles. The Balaban J connectivity index is 1.54. The second-order valence-corrected chi connectivity index (χ2v) is 8.43. The lowest BCUT2D eigenvalue weighted by molar-refractivity contribution is -0.149. The third-order valence-electron chi connectivity index (χ3n) is 6.21. The molecule has 0 bridgehead atoms. The second-order valence-electron chi connectivity index (χ2n) is 8.43. The zero-order valence-corrected chi connectivity index (χ0v) is 18.4. The van der Waals surface area contributed by atoms with Crippen molar-refractivity contribution in [2.45, 2.75) is 70.2 Å². The molecule has 1 aliphatic carbocycles. The summed E-state index contributed by atoms with van der Waals surface area (Å²) in [5, 5.41) is 2.72. The van der Waals surface area contributed by atoms with Gasteiger partial charge < -0.3 is 24.3 Å². The van der Waals surface area contributed by atoms with Gasteiger partial charge in [-0.2, -0.15) is 0 Å². The number of rotatable bonds is 8. The Kier molecular flexibility index (Phi) is 6.75. The van der Waals surface area contributed by atoms with Crippen molar-refractivity contribution in [2.24, 2.45) is 0 Å². The Morgan fingerprint density at radius 1 is 1.35 bits per heavy atom. The summed E-state index contributed by atoms with van der Waals surface area (Å²) in [6.45, 7) is 4.04. The molecule has 0 unspecified atom stereocenters. The summed E-state index contributed by atoms with van der Waals surface area (Å²) in [6, 6.07) is 4.20. The minimum atomic E-state index is -0.420. The lowest BCUT2D eigenvalue weighted by Crippen LogP contribution is -2.44. The number of carbonyl (C=O) groups excluding carboxylic acids is 2.